The molecule has 0 saturated carbocycles. The first kappa shape index (κ1) is 19.6. The number of hydrogen-bond acceptors (Lipinski definition) is 8. The number of nitrogens with zero attached hydrogens (tertiary/aromatic N) is 4. The van der Waals surface area contributed by atoms with Gasteiger partial charge in [0, 0.05) is 24.2 Å². The van der Waals surface area contributed by atoms with E-state index in [9.17, 15) is 19.7 Å². The average molecular weight is 378 g/mol. The predicted molar refractivity (Wildman–Crippen MR) is 94.2 cm³/mol. The summed E-state index contributed by atoms with van der Waals surface area (Å²) < 4.78 is 6.49. The average Bonchev–Trinajstić information content (AvgIpc) is 2.93. The number of carbonyl (C=O) groups excluding carboxylic acids is 2. The number of esters is 1. The maximum Gasteiger partial charge on any atom is 0.313 e. The summed E-state index contributed by atoms with van der Waals surface area (Å²) in [5.41, 5.74) is 0.677. The van der Waals surface area contributed by atoms with Gasteiger partial charge in [-0.3, -0.25) is 19.7 Å². The van der Waals surface area contributed by atoms with Crippen molar-refractivity contribution in [3.05, 3.63) is 45.3 Å². The summed E-state index contributed by atoms with van der Waals surface area (Å²) in [6.45, 7) is 3.62. The number of ketones is 1. The number of nitro groups is 1. The molecule has 0 N–H and O–H groups in total. The number of nitro benzene ring substituents is 1. The van der Waals surface area contributed by atoms with Crippen molar-refractivity contribution in [2.45, 2.75) is 25.4 Å². The first-order valence-electron chi connectivity index (χ1n) is 7.78. The van der Waals surface area contributed by atoms with Crippen molar-refractivity contribution < 1.29 is 19.2 Å². The minimum atomic E-state index is -0.510. The number of carbonyl (C=O) groups is 2. The number of aromatic nitrogens is 3. The van der Waals surface area contributed by atoms with Crippen LogP contribution in [-0.4, -0.2) is 43.8 Å². The highest BCUT2D eigenvalue weighted by Crippen LogP contribution is 2.22. The van der Waals surface area contributed by atoms with Crippen LogP contribution >= 0.6 is 11.8 Å². The molecule has 0 saturated heterocycles. The van der Waals surface area contributed by atoms with E-state index in [0.29, 0.717) is 16.5 Å². The van der Waals surface area contributed by atoms with E-state index in [1.165, 1.54) is 6.07 Å². The van der Waals surface area contributed by atoms with Crippen molar-refractivity contribution >= 4 is 29.2 Å². The fourth-order valence-corrected chi connectivity index (χ4v) is 2.98. The van der Waals surface area contributed by atoms with E-state index < -0.39 is 10.9 Å². The standard InChI is InChI=1S/C16H18N4O5S/c1-4-25-15(22)8-14-17-18-16(19(14)3)26-9-13(21)11-6-5-10(2)12(7-11)20(23)24/h5-7H,4,8-9H2,1-3H3. The number of Topliss-reactive ketones (excluding diaryl/α,β-unsaturated/α-hetero) is 1. The Hall–Kier alpha value is -2.75. The Bertz CT molecular complexity index is 849. The molecule has 2 rings (SSSR count). The fourth-order valence-electron chi connectivity index (χ4n) is 2.16. The largest absolute Gasteiger partial charge is 0.466 e. The van der Waals surface area contributed by atoms with Crippen molar-refractivity contribution in [3.63, 3.8) is 0 Å². The predicted octanol–water partition coefficient (Wildman–Crippen LogP) is 2.11. The highest BCUT2D eigenvalue weighted by Gasteiger charge is 2.18. The lowest BCUT2D eigenvalue weighted by atomic mass is 10.1. The zero-order valence-electron chi connectivity index (χ0n) is 14.6. The van der Waals surface area contributed by atoms with E-state index in [2.05, 4.69) is 10.2 Å². The summed E-state index contributed by atoms with van der Waals surface area (Å²) in [4.78, 5) is 34.3. The summed E-state index contributed by atoms with van der Waals surface area (Å²) in [7, 11) is 1.69. The van der Waals surface area contributed by atoms with Gasteiger partial charge >= 0.3 is 5.97 Å². The highest BCUT2D eigenvalue weighted by atomic mass is 32.2. The van der Waals surface area contributed by atoms with Gasteiger partial charge in [-0.15, -0.1) is 10.2 Å². The van der Waals surface area contributed by atoms with Gasteiger partial charge in [0.1, 0.15) is 12.2 Å². The van der Waals surface area contributed by atoms with Gasteiger partial charge < -0.3 is 9.30 Å². The topological polar surface area (TPSA) is 117 Å². The number of aryl methyl sites for hydroxylation is 1. The van der Waals surface area contributed by atoms with Gasteiger partial charge in [0.2, 0.25) is 0 Å². The lowest BCUT2D eigenvalue weighted by molar-refractivity contribution is -0.385. The lowest BCUT2D eigenvalue weighted by Crippen LogP contribution is -2.11. The van der Waals surface area contributed by atoms with Crippen molar-refractivity contribution in [1.82, 2.24) is 14.8 Å². The third-order valence-corrected chi connectivity index (χ3v) is 4.61. The Morgan fingerprint density at radius 3 is 2.73 bits per heavy atom. The second-order valence-corrected chi connectivity index (χ2v) is 6.35. The first-order chi connectivity index (χ1) is 12.3. The van der Waals surface area contributed by atoms with Crippen LogP contribution in [0.15, 0.2) is 23.4 Å². The van der Waals surface area contributed by atoms with Gasteiger partial charge in [-0.2, -0.15) is 0 Å². The van der Waals surface area contributed by atoms with Crippen molar-refractivity contribution in [2.24, 2.45) is 7.05 Å². The number of rotatable bonds is 8. The summed E-state index contributed by atoms with van der Waals surface area (Å²) in [5, 5.41) is 19.3. The van der Waals surface area contributed by atoms with Crippen LogP contribution in [0.25, 0.3) is 0 Å². The molecule has 0 unspecified atom stereocenters. The first-order valence-corrected chi connectivity index (χ1v) is 8.77. The van der Waals surface area contributed by atoms with E-state index in [0.717, 1.165) is 11.8 Å². The van der Waals surface area contributed by atoms with Crippen molar-refractivity contribution in [2.75, 3.05) is 12.4 Å². The van der Waals surface area contributed by atoms with Gasteiger partial charge in [-0.05, 0) is 13.8 Å². The molecule has 1 aromatic carbocycles. The number of benzene rings is 1. The minimum Gasteiger partial charge on any atom is -0.466 e. The maximum atomic E-state index is 12.3. The molecule has 0 bridgehead atoms. The summed E-state index contributed by atoms with van der Waals surface area (Å²) in [6, 6.07) is 4.39. The van der Waals surface area contributed by atoms with E-state index in [1.54, 1.807) is 37.6 Å². The van der Waals surface area contributed by atoms with Crippen LogP contribution in [0.3, 0.4) is 0 Å². The Kier molecular flexibility index (Phi) is 6.45. The third kappa shape index (κ3) is 4.66. The molecule has 0 aliphatic heterocycles. The van der Waals surface area contributed by atoms with Gasteiger partial charge in [0.15, 0.2) is 10.9 Å². The second-order valence-electron chi connectivity index (χ2n) is 5.41. The second kappa shape index (κ2) is 8.56. The SMILES string of the molecule is CCOC(=O)Cc1nnc(SCC(=O)c2ccc(C)c([N+](=O)[O-])c2)n1C. The molecule has 1 heterocycles. The van der Waals surface area contributed by atoms with Gasteiger partial charge in [0.25, 0.3) is 5.69 Å². The Morgan fingerprint density at radius 2 is 2.08 bits per heavy atom. The van der Waals surface area contributed by atoms with Gasteiger partial charge in [0.05, 0.1) is 17.3 Å². The summed E-state index contributed by atoms with van der Waals surface area (Å²) in [6.07, 6.45) is -0.00397. The summed E-state index contributed by atoms with van der Waals surface area (Å²) in [5.74, 6) is -0.175. The van der Waals surface area contributed by atoms with Crippen LogP contribution < -0.4 is 0 Å². The van der Waals surface area contributed by atoms with E-state index in [-0.39, 0.29) is 35.8 Å². The van der Waals surface area contributed by atoms with Crippen LogP contribution in [0.5, 0.6) is 0 Å². The number of hydrogen-bond donors (Lipinski definition) is 0. The highest BCUT2D eigenvalue weighted by molar-refractivity contribution is 7.99. The Morgan fingerprint density at radius 1 is 1.35 bits per heavy atom. The molecule has 0 atom stereocenters. The van der Waals surface area contributed by atoms with Crippen LogP contribution in [0.2, 0.25) is 0 Å². The molecule has 2 aromatic rings. The molecule has 0 fully saturated rings. The quantitative estimate of drug-likeness (QED) is 0.225. The van der Waals surface area contributed by atoms with Crippen LogP contribution in [0, 0.1) is 17.0 Å². The zero-order chi connectivity index (χ0) is 19.3. The van der Waals surface area contributed by atoms with Crippen LogP contribution in [-0.2, 0) is 23.0 Å². The van der Waals surface area contributed by atoms with E-state index in [1.807, 2.05) is 0 Å². The molecule has 9 nitrogen and oxygen atoms in total. The van der Waals surface area contributed by atoms with E-state index in [4.69, 9.17) is 4.74 Å². The van der Waals surface area contributed by atoms with Crippen molar-refractivity contribution in [3.8, 4) is 0 Å². The Balaban J connectivity index is 2.04. The van der Waals surface area contributed by atoms with Gasteiger partial charge in [-0.1, -0.05) is 23.9 Å². The molecule has 26 heavy (non-hydrogen) atoms. The molecule has 0 spiro atoms. The molecule has 138 valence electrons. The van der Waals surface area contributed by atoms with Crippen LogP contribution in [0.4, 0.5) is 5.69 Å². The fraction of sp³-hybridized carbons (Fsp3) is 0.375. The monoisotopic (exact) mass is 378 g/mol. The Labute approximate surface area is 153 Å². The molecule has 1 aromatic heterocycles. The molecule has 0 amide bonds. The number of thioether (sulfide) groups is 1. The zero-order valence-corrected chi connectivity index (χ0v) is 15.4. The number of ether oxygens (including phenoxy) is 1. The molecule has 10 heteroatoms. The minimum absolute atomic E-state index is 0.00397. The maximum absolute atomic E-state index is 12.3. The van der Waals surface area contributed by atoms with E-state index >= 15 is 0 Å². The molecule has 0 aliphatic rings. The molecule has 0 radical (unpaired) electrons. The smallest absolute Gasteiger partial charge is 0.313 e. The molecular weight excluding hydrogens is 360 g/mol. The molecular formula is C16H18N4O5S. The lowest BCUT2D eigenvalue weighted by Gasteiger charge is -2.04. The molecule has 0 aliphatic carbocycles. The normalized spacial score (nSPS) is 10.6. The van der Waals surface area contributed by atoms with Crippen molar-refractivity contribution in [1.29, 1.82) is 0 Å². The van der Waals surface area contributed by atoms with Gasteiger partial charge in [-0.25, -0.2) is 0 Å². The third-order valence-electron chi connectivity index (χ3n) is 3.59. The summed E-state index contributed by atoms with van der Waals surface area (Å²) >= 11 is 1.15. The van der Waals surface area contributed by atoms with Crippen LogP contribution in [0.1, 0.15) is 28.7 Å².